The number of aliphatic hydroxyl groups excluding tert-OH is 1. The zero-order valence-corrected chi connectivity index (χ0v) is 15.6. The van der Waals surface area contributed by atoms with Gasteiger partial charge in [0.15, 0.2) is 5.82 Å². The average Bonchev–Trinajstić information content (AvgIpc) is 3.08. The number of pyridine rings is 1. The quantitative estimate of drug-likeness (QED) is 0.626. The molecule has 3 N–H and O–H groups in total. The summed E-state index contributed by atoms with van der Waals surface area (Å²) in [6.45, 7) is 1.59. The first-order chi connectivity index (χ1) is 14.1. The standard InChI is InChI=1S/C20H18FN5O3/c1-9-4-13-15(18(28)25-9)12-3-2-10-6-23-20(16(21)14(10)17(12)26-13)29-19-11(7-27)5-22-8-24-19/h5-6,8-9,26-27H,2-4,7H2,1H3,(H,25,28). The van der Waals surface area contributed by atoms with Crippen molar-refractivity contribution in [3.63, 3.8) is 0 Å². The summed E-state index contributed by atoms with van der Waals surface area (Å²) < 4.78 is 21.0. The van der Waals surface area contributed by atoms with Crippen LogP contribution in [-0.2, 0) is 25.9 Å². The highest BCUT2D eigenvalue weighted by Crippen LogP contribution is 2.41. The molecule has 8 nitrogen and oxygen atoms in total. The molecule has 1 unspecified atom stereocenters. The minimum absolute atomic E-state index is 0.0189. The van der Waals surface area contributed by atoms with Crippen molar-refractivity contribution in [2.75, 3.05) is 0 Å². The summed E-state index contributed by atoms with van der Waals surface area (Å²) in [5.74, 6) is -0.948. The Morgan fingerprint density at radius 3 is 2.93 bits per heavy atom. The van der Waals surface area contributed by atoms with Crippen LogP contribution in [0, 0.1) is 5.82 Å². The van der Waals surface area contributed by atoms with Gasteiger partial charge in [-0.05, 0) is 30.9 Å². The van der Waals surface area contributed by atoms with Gasteiger partial charge in [0.05, 0.1) is 23.4 Å². The number of aliphatic hydroxyl groups is 1. The Morgan fingerprint density at radius 2 is 2.10 bits per heavy atom. The number of nitrogens with zero attached hydrogens (tertiary/aromatic N) is 3. The minimum Gasteiger partial charge on any atom is -0.417 e. The van der Waals surface area contributed by atoms with Crippen LogP contribution < -0.4 is 10.1 Å². The SMILES string of the molecule is CC1Cc2[nH]c3c(c2C(=O)N1)CCc1cnc(Oc2ncncc2CO)c(F)c1-3. The number of rotatable bonds is 3. The normalized spacial score (nSPS) is 17.2. The molecule has 148 valence electrons. The van der Waals surface area contributed by atoms with E-state index in [-0.39, 0.29) is 30.3 Å². The van der Waals surface area contributed by atoms with Gasteiger partial charge < -0.3 is 20.1 Å². The molecule has 3 aromatic heterocycles. The fourth-order valence-electron chi connectivity index (χ4n) is 4.08. The van der Waals surface area contributed by atoms with E-state index in [1.165, 1.54) is 12.5 Å². The Morgan fingerprint density at radius 1 is 1.24 bits per heavy atom. The number of nitrogens with one attached hydrogen (secondary N) is 2. The second kappa shape index (κ2) is 6.63. The lowest BCUT2D eigenvalue weighted by Crippen LogP contribution is -2.39. The Hall–Kier alpha value is -3.33. The molecule has 1 aliphatic carbocycles. The molecule has 0 bridgehead atoms. The molecule has 1 amide bonds. The number of H-pyrrole nitrogens is 1. The van der Waals surface area contributed by atoms with Crippen LogP contribution in [0.15, 0.2) is 18.7 Å². The maximum atomic E-state index is 15.5. The largest absolute Gasteiger partial charge is 0.417 e. The fraction of sp³-hybridized carbons (Fsp3) is 0.300. The summed E-state index contributed by atoms with van der Waals surface area (Å²) in [5.41, 5.74) is 4.33. The fourth-order valence-corrected chi connectivity index (χ4v) is 4.08. The molecule has 1 atom stereocenters. The number of amides is 1. The number of aromatic nitrogens is 4. The summed E-state index contributed by atoms with van der Waals surface area (Å²) in [7, 11) is 0. The molecule has 9 heteroatoms. The molecule has 1 aliphatic heterocycles. The number of fused-ring (bicyclic) bond motifs is 5. The lowest BCUT2D eigenvalue weighted by atomic mass is 9.88. The van der Waals surface area contributed by atoms with Crippen LogP contribution >= 0.6 is 0 Å². The monoisotopic (exact) mass is 395 g/mol. The van der Waals surface area contributed by atoms with Crippen LogP contribution in [0.5, 0.6) is 11.8 Å². The molecule has 0 saturated carbocycles. The lowest BCUT2D eigenvalue weighted by molar-refractivity contribution is 0.0928. The van der Waals surface area contributed by atoms with Crippen molar-refractivity contribution >= 4 is 5.91 Å². The second-order valence-corrected chi connectivity index (χ2v) is 7.30. The molecule has 0 aromatic carbocycles. The molecule has 0 saturated heterocycles. The lowest BCUT2D eigenvalue weighted by Gasteiger charge is -2.21. The van der Waals surface area contributed by atoms with Crippen molar-refractivity contribution in [3.05, 3.63) is 52.5 Å². The molecule has 5 rings (SSSR count). The van der Waals surface area contributed by atoms with Gasteiger partial charge in [-0.2, -0.15) is 0 Å². The van der Waals surface area contributed by atoms with E-state index in [1.54, 1.807) is 6.20 Å². The van der Waals surface area contributed by atoms with Crippen molar-refractivity contribution in [1.82, 2.24) is 25.3 Å². The number of carbonyl (C=O) groups is 1. The third-order valence-corrected chi connectivity index (χ3v) is 5.37. The van der Waals surface area contributed by atoms with Gasteiger partial charge in [-0.15, -0.1) is 0 Å². The van der Waals surface area contributed by atoms with Crippen LogP contribution in [0.3, 0.4) is 0 Å². The maximum Gasteiger partial charge on any atom is 0.258 e. The molecule has 0 spiro atoms. The third kappa shape index (κ3) is 2.77. The Labute approximate surface area is 165 Å². The highest BCUT2D eigenvalue weighted by Gasteiger charge is 2.34. The van der Waals surface area contributed by atoms with Crippen LogP contribution in [0.25, 0.3) is 11.3 Å². The van der Waals surface area contributed by atoms with Gasteiger partial charge in [-0.25, -0.2) is 19.3 Å². The van der Waals surface area contributed by atoms with Gasteiger partial charge >= 0.3 is 0 Å². The van der Waals surface area contributed by atoms with E-state index in [9.17, 15) is 9.90 Å². The van der Waals surface area contributed by atoms with E-state index in [2.05, 4.69) is 25.3 Å². The highest BCUT2D eigenvalue weighted by atomic mass is 19.1. The van der Waals surface area contributed by atoms with Gasteiger partial charge in [-0.1, -0.05) is 0 Å². The van der Waals surface area contributed by atoms with Gasteiger partial charge in [-0.3, -0.25) is 4.79 Å². The maximum absolute atomic E-state index is 15.5. The molecule has 0 fully saturated rings. The number of halogens is 1. The van der Waals surface area contributed by atoms with Crippen LogP contribution in [0.4, 0.5) is 4.39 Å². The number of ether oxygens (including phenoxy) is 1. The Kier molecular flexibility index (Phi) is 4.06. The minimum atomic E-state index is -0.627. The van der Waals surface area contributed by atoms with E-state index in [4.69, 9.17) is 4.74 Å². The summed E-state index contributed by atoms with van der Waals surface area (Å²) >= 11 is 0. The first kappa shape index (κ1) is 17.7. The zero-order valence-electron chi connectivity index (χ0n) is 15.6. The van der Waals surface area contributed by atoms with E-state index < -0.39 is 5.82 Å². The van der Waals surface area contributed by atoms with E-state index in [1.807, 2.05) is 6.92 Å². The van der Waals surface area contributed by atoms with Gasteiger partial charge in [0.25, 0.3) is 11.8 Å². The van der Waals surface area contributed by atoms with Crippen molar-refractivity contribution < 1.29 is 19.0 Å². The van der Waals surface area contributed by atoms with Gasteiger partial charge in [0.1, 0.15) is 6.33 Å². The smallest absolute Gasteiger partial charge is 0.258 e. The second-order valence-electron chi connectivity index (χ2n) is 7.30. The molecule has 3 aromatic rings. The summed E-state index contributed by atoms with van der Waals surface area (Å²) in [5, 5.41) is 12.4. The van der Waals surface area contributed by atoms with Gasteiger partial charge in [0, 0.05) is 36.1 Å². The number of aryl methyl sites for hydroxylation is 1. The van der Waals surface area contributed by atoms with E-state index in [0.717, 1.165) is 16.8 Å². The van der Waals surface area contributed by atoms with E-state index in [0.29, 0.717) is 41.6 Å². The van der Waals surface area contributed by atoms with Crippen LogP contribution in [0.2, 0.25) is 0 Å². The Balaban J connectivity index is 1.62. The van der Waals surface area contributed by atoms with Gasteiger partial charge in [0.2, 0.25) is 5.88 Å². The summed E-state index contributed by atoms with van der Waals surface area (Å²) in [6, 6.07) is 0.0189. The number of carbonyl (C=O) groups excluding carboxylic acids is 1. The van der Waals surface area contributed by atoms with E-state index >= 15 is 4.39 Å². The first-order valence-corrected chi connectivity index (χ1v) is 9.36. The van der Waals surface area contributed by atoms with Crippen molar-refractivity contribution in [3.8, 4) is 23.0 Å². The predicted octanol–water partition coefficient (Wildman–Crippen LogP) is 2.06. The number of aromatic amines is 1. The first-order valence-electron chi connectivity index (χ1n) is 9.36. The topological polar surface area (TPSA) is 113 Å². The number of hydrogen-bond acceptors (Lipinski definition) is 6. The molecule has 0 radical (unpaired) electrons. The third-order valence-electron chi connectivity index (χ3n) is 5.37. The predicted molar refractivity (Wildman–Crippen MR) is 100 cm³/mol. The summed E-state index contributed by atoms with van der Waals surface area (Å²) in [6.07, 6.45) is 6.11. The Bertz CT molecular complexity index is 1140. The van der Waals surface area contributed by atoms with Crippen LogP contribution in [-0.4, -0.2) is 37.0 Å². The zero-order chi connectivity index (χ0) is 20.1. The van der Waals surface area contributed by atoms with Crippen LogP contribution in [0.1, 0.15) is 39.7 Å². The highest BCUT2D eigenvalue weighted by molar-refractivity contribution is 6.00. The molecule has 29 heavy (non-hydrogen) atoms. The van der Waals surface area contributed by atoms with Crippen molar-refractivity contribution in [1.29, 1.82) is 0 Å². The molecule has 4 heterocycles. The van der Waals surface area contributed by atoms with Crippen molar-refractivity contribution in [2.24, 2.45) is 0 Å². The average molecular weight is 395 g/mol. The van der Waals surface area contributed by atoms with Crippen molar-refractivity contribution in [2.45, 2.75) is 38.8 Å². The summed E-state index contributed by atoms with van der Waals surface area (Å²) in [4.78, 5) is 27.7. The molecular weight excluding hydrogens is 377 g/mol. The molecule has 2 aliphatic rings. The molecular formula is C20H18FN5O3. The number of hydrogen-bond donors (Lipinski definition) is 3.